The highest BCUT2D eigenvalue weighted by atomic mass is 79.9. The lowest BCUT2D eigenvalue weighted by Crippen LogP contribution is -2.09. The molecule has 0 fully saturated rings. The molecule has 0 aliphatic rings. The molecule has 3 heteroatoms. The van der Waals surface area contributed by atoms with Crippen LogP contribution in [0.2, 0.25) is 5.02 Å². The molecular formula is C9H11BrClN. The van der Waals surface area contributed by atoms with E-state index in [9.17, 15) is 0 Å². The van der Waals surface area contributed by atoms with Crippen molar-refractivity contribution in [3.63, 3.8) is 0 Å². The van der Waals surface area contributed by atoms with Crippen LogP contribution in [0, 0.1) is 0 Å². The Morgan fingerprint density at radius 1 is 1.42 bits per heavy atom. The molecule has 0 amide bonds. The SMILES string of the molecule is CC(C)Nc1ccc(Br)c(Cl)c1. The summed E-state index contributed by atoms with van der Waals surface area (Å²) >= 11 is 9.25. The maximum atomic E-state index is 5.91. The fourth-order valence-electron chi connectivity index (χ4n) is 0.919. The van der Waals surface area contributed by atoms with Crippen LogP contribution in [-0.4, -0.2) is 6.04 Å². The highest BCUT2D eigenvalue weighted by Crippen LogP contribution is 2.25. The van der Waals surface area contributed by atoms with Crippen molar-refractivity contribution in [2.45, 2.75) is 19.9 Å². The molecule has 1 aromatic rings. The first-order valence-electron chi connectivity index (χ1n) is 3.81. The van der Waals surface area contributed by atoms with E-state index in [2.05, 4.69) is 35.1 Å². The molecular weight excluding hydrogens is 237 g/mol. The molecule has 0 unspecified atom stereocenters. The summed E-state index contributed by atoms with van der Waals surface area (Å²) in [6, 6.07) is 6.27. The smallest absolute Gasteiger partial charge is 0.0568 e. The second-order valence-electron chi connectivity index (χ2n) is 2.93. The predicted molar refractivity (Wildman–Crippen MR) is 57.9 cm³/mol. The van der Waals surface area contributed by atoms with Gasteiger partial charge in [-0.1, -0.05) is 11.6 Å². The van der Waals surface area contributed by atoms with Crippen LogP contribution in [-0.2, 0) is 0 Å². The van der Waals surface area contributed by atoms with Crippen LogP contribution in [0.4, 0.5) is 5.69 Å². The van der Waals surface area contributed by atoms with E-state index in [1.54, 1.807) is 0 Å². The quantitative estimate of drug-likeness (QED) is 0.836. The van der Waals surface area contributed by atoms with Crippen molar-refractivity contribution in [2.75, 3.05) is 5.32 Å². The van der Waals surface area contributed by atoms with Crippen molar-refractivity contribution in [3.8, 4) is 0 Å². The van der Waals surface area contributed by atoms with Crippen LogP contribution in [0.15, 0.2) is 22.7 Å². The maximum absolute atomic E-state index is 5.91. The fourth-order valence-corrected chi connectivity index (χ4v) is 1.35. The zero-order chi connectivity index (χ0) is 9.14. The van der Waals surface area contributed by atoms with E-state index in [-0.39, 0.29) is 0 Å². The lowest BCUT2D eigenvalue weighted by atomic mass is 10.3. The predicted octanol–water partition coefficient (Wildman–Crippen LogP) is 3.92. The van der Waals surface area contributed by atoms with Crippen molar-refractivity contribution < 1.29 is 0 Å². The Labute approximate surface area is 86.2 Å². The van der Waals surface area contributed by atoms with Gasteiger partial charge in [-0.05, 0) is 48.0 Å². The summed E-state index contributed by atoms with van der Waals surface area (Å²) in [7, 11) is 0. The number of rotatable bonds is 2. The summed E-state index contributed by atoms with van der Waals surface area (Å²) in [6.45, 7) is 4.19. The summed E-state index contributed by atoms with van der Waals surface area (Å²) in [6.07, 6.45) is 0. The molecule has 0 aliphatic carbocycles. The first-order chi connectivity index (χ1) is 5.59. The third kappa shape index (κ3) is 2.68. The second-order valence-corrected chi connectivity index (χ2v) is 4.19. The van der Waals surface area contributed by atoms with Gasteiger partial charge in [-0.2, -0.15) is 0 Å². The molecule has 0 spiro atoms. The van der Waals surface area contributed by atoms with Gasteiger partial charge in [0.2, 0.25) is 0 Å². The maximum Gasteiger partial charge on any atom is 0.0568 e. The van der Waals surface area contributed by atoms with Crippen molar-refractivity contribution in [1.82, 2.24) is 0 Å². The van der Waals surface area contributed by atoms with E-state index in [0.29, 0.717) is 6.04 Å². The standard InChI is InChI=1S/C9H11BrClN/c1-6(2)12-7-3-4-8(10)9(11)5-7/h3-6,12H,1-2H3. The van der Waals surface area contributed by atoms with Crippen molar-refractivity contribution in [3.05, 3.63) is 27.7 Å². The zero-order valence-corrected chi connectivity index (χ0v) is 9.41. The van der Waals surface area contributed by atoms with E-state index in [0.717, 1.165) is 15.2 Å². The zero-order valence-electron chi connectivity index (χ0n) is 7.07. The Morgan fingerprint density at radius 2 is 2.08 bits per heavy atom. The van der Waals surface area contributed by atoms with Crippen LogP contribution in [0.3, 0.4) is 0 Å². The minimum Gasteiger partial charge on any atom is -0.383 e. The number of benzene rings is 1. The normalized spacial score (nSPS) is 10.4. The summed E-state index contributed by atoms with van der Waals surface area (Å²) in [5, 5.41) is 4.00. The van der Waals surface area contributed by atoms with Gasteiger partial charge in [0.05, 0.1) is 5.02 Å². The number of hydrogen-bond acceptors (Lipinski definition) is 1. The lowest BCUT2D eigenvalue weighted by molar-refractivity contribution is 0.900. The highest BCUT2D eigenvalue weighted by molar-refractivity contribution is 9.10. The monoisotopic (exact) mass is 247 g/mol. The molecule has 0 saturated carbocycles. The van der Waals surface area contributed by atoms with E-state index >= 15 is 0 Å². The van der Waals surface area contributed by atoms with Crippen LogP contribution < -0.4 is 5.32 Å². The Kier molecular flexibility index (Phi) is 3.41. The molecule has 0 aliphatic heterocycles. The molecule has 1 aromatic carbocycles. The van der Waals surface area contributed by atoms with Gasteiger partial charge in [0.25, 0.3) is 0 Å². The Balaban J connectivity index is 2.82. The molecule has 1 nitrogen and oxygen atoms in total. The number of nitrogens with one attached hydrogen (secondary N) is 1. The topological polar surface area (TPSA) is 12.0 Å². The third-order valence-electron chi connectivity index (χ3n) is 1.37. The first kappa shape index (κ1) is 9.87. The Hall–Kier alpha value is -0.210. The number of anilines is 1. The summed E-state index contributed by atoms with van der Waals surface area (Å²) in [5.41, 5.74) is 1.05. The van der Waals surface area contributed by atoms with Gasteiger partial charge in [-0.15, -0.1) is 0 Å². The van der Waals surface area contributed by atoms with Gasteiger partial charge in [-0.25, -0.2) is 0 Å². The molecule has 0 radical (unpaired) electrons. The van der Waals surface area contributed by atoms with Crippen molar-refractivity contribution in [2.24, 2.45) is 0 Å². The van der Waals surface area contributed by atoms with E-state index in [1.807, 2.05) is 18.2 Å². The summed E-state index contributed by atoms with van der Waals surface area (Å²) in [4.78, 5) is 0. The van der Waals surface area contributed by atoms with E-state index in [1.165, 1.54) is 0 Å². The second kappa shape index (κ2) is 4.15. The van der Waals surface area contributed by atoms with Gasteiger partial charge in [-0.3, -0.25) is 0 Å². The summed E-state index contributed by atoms with van der Waals surface area (Å²) in [5.74, 6) is 0. The number of hydrogen-bond donors (Lipinski definition) is 1. The molecule has 1 rings (SSSR count). The molecule has 1 N–H and O–H groups in total. The first-order valence-corrected chi connectivity index (χ1v) is 4.98. The van der Waals surface area contributed by atoms with Crippen LogP contribution in [0.1, 0.15) is 13.8 Å². The van der Waals surface area contributed by atoms with Crippen molar-refractivity contribution >= 4 is 33.2 Å². The average molecular weight is 249 g/mol. The van der Waals surface area contributed by atoms with Crippen LogP contribution in [0.25, 0.3) is 0 Å². The van der Waals surface area contributed by atoms with Crippen LogP contribution >= 0.6 is 27.5 Å². The van der Waals surface area contributed by atoms with Gasteiger partial charge in [0, 0.05) is 16.2 Å². The van der Waals surface area contributed by atoms with Crippen LogP contribution in [0.5, 0.6) is 0 Å². The van der Waals surface area contributed by atoms with Gasteiger partial charge >= 0.3 is 0 Å². The Bertz CT molecular complexity index is 273. The molecule has 0 saturated heterocycles. The summed E-state index contributed by atoms with van der Waals surface area (Å²) < 4.78 is 0.929. The van der Waals surface area contributed by atoms with E-state index in [4.69, 9.17) is 11.6 Å². The largest absolute Gasteiger partial charge is 0.383 e. The highest BCUT2D eigenvalue weighted by Gasteiger charge is 1.99. The minimum atomic E-state index is 0.433. The lowest BCUT2D eigenvalue weighted by Gasteiger charge is -2.10. The molecule has 12 heavy (non-hydrogen) atoms. The van der Waals surface area contributed by atoms with Gasteiger partial charge < -0.3 is 5.32 Å². The average Bonchev–Trinajstić information content (AvgIpc) is 1.96. The minimum absolute atomic E-state index is 0.433. The molecule has 0 aromatic heterocycles. The fraction of sp³-hybridized carbons (Fsp3) is 0.333. The Morgan fingerprint density at radius 3 is 2.58 bits per heavy atom. The molecule has 0 heterocycles. The van der Waals surface area contributed by atoms with E-state index < -0.39 is 0 Å². The molecule has 66 valence electrons. The number of halogens is 2. The van der Waals surface area contributed by atoms with Gasteiger partial charge in [0.15, 0.2) is 0 Å². The van der Waals surface area contributed by atoms with Gasteiger partial charge in [0.1, 0.15) is 0 Å². The molecule has 0 atom stereocenters. The van der Waals surface area contributed by atoms with Crippen molar-refractivity contribution in [1.29, 1.82) is 0 Å². The molecule has 0 bridgehead atoms. The third-order valence-corrected chi connectivity index (χ3v) is 2.61.